The molecule has 0 bridgehead atoms. The molecule has 3 aromatic carbocycles. The van der Waals surface area contributed by atoms with E-state index in [1.54, 1.807) is 11.0 Å². The zero-order valence-electron chi connectivity index (χ0n) is 25.3. The third-order valence-electron chi connectivity index (χ3n) is 8.08. The average Bonchev–Trinajstić information content (AvgIpc) is 3.52. The summed E-state index contributed by atoms with van der Waals surface area (Å²) in [4.78, 5) is 30.9. The molecule has 8 heteroatoms. The van der Waals surface area contributed by atoms with Crippen LogP contribution in [0.2, 0.25) is 0 Å². The van der Waals surface area contributed by atoms with Gasteiger partial charge in [0.1, 0.15) is 24.2 Å². The maximum Gasteiger partial charge on any atom is 0.295 e. The van der Waals surface area contributed by atoms with Gasteiger partial charge in [-0.1, -0.05) is 50.2 Å². The Morgan fingerprint density at radius 3 is 2.47 bits per heavy atom. The number of carbonyl (C=O) groups excluding carboxylic acids is 2. The SMILES string of the molecule is CCOc1cc([C@H]2/C(=C(\O)c3ccc4c(c3)C[C@@H](C)O4)C(=O)C(=O)N2CCN(CC)CC)ccc1OCc1ccccc1. The molecule has 2 aliphatic heterocycles. The van der Waals surface area contributed by atoms with Gasteiger partial charge in [0.2, 0.25) is 0 Å². The van der Waals surface area contributed by atoms with Crippen molar-refractivity contribution < 1.29 is 28.9 Å². The van der Waals surface area contributed by atoms with E-state index in [0.29, 0.717) is 55.4 Å². The molecule has 1 N–H and O–H groups in total. The molecule has 226 valence electrons. The minimum atomic E-state index is -0.790. The fourth-order valence-corrected chi connectivity index (χ4v) is 5.79. The lowest BCUT2D eigenvalue weighted by Gasteiger charge is -2.28. The van der Waals surface area contributed by atoms with Gasteiger partial charge in [0, 0.05) is 25.1 Å². The number of ketones is 1. The topological polar surface area (TPSA) is 88.5 Å². The van der Waals surface area contributed by atoms with Gasteiger partial charge in [-0.15, -0.1) is 0 Å². The number of carbonyl (C=O) groups is 2. The second-order valence-corrected chi connectivity index (χ2v) is 10.9. The molecule has 1 fully saturated rings. The van der Waals surface area contributed by atoms with Gasteiger partial charge in [-0.05, 0) is 74.0 Å². The van der Waals surface area contributed by atoms with Crippen LogP contribution in [0.25, 0.3) is 5.76 Å². The Hall–Kier alpha value is -4.30. The van der Waals surface area contributed by atoms with Gasteiger partial charge in [-0.2, -0.15) is 0 Å². The third-order valence-corrected chi connectivity index (χ3v) is 8.08. The number of benzene rings is 3. The molecule has 0 aliphatic carbocycles. The number of hydrogen-bond acceptors (Lipinski definition) is 7. The van der Waals surface area contributed by atoms with Crippen LogP contribution in [0.1, 0.15) is 56.0 Å². The normalized spacial score (nSPS) is 19.0. The highest BCUT2D eigenvalue weighted by atomic mass is 16.5. The molecule has 0 radical (unpaired) electrons. The Bertz CT molecular complexity index is 1500. The fraction of sp³-hybridized carbons (Fsp3) is 0.371. The van der Waals surface area contributed by atoms with Gasteiger partial charge in [-0.25, -0.2) is 0 Å². The van der Waals surface area contributed by atoms with Crippen molar-refractivity contribution in [2.45, 2.75) is 52.9 Å². The number of aliphatic hydroxyl groups is 1. The van der Waals surface area contributed by atoms with Crippen LogP contribution in [0.5, 0.6) is 17.2 Å². The molecule has 1 amide bonds. The van der Waals surface area contributed by atoms with Gasteiger partial charge < -0.3 is 29.1 Å². The molecule has 2 atom stereocenters. The van der Waals surface area contributed by atoms with Crippen LogP contribution in [0.15, 0.2) is 72.3 Å². The second kappa shape index (κ2) is 13.3. The van der Waals surface area contributed by atoms with E-state index < -0.39 is 17.7 Å². The van der Waals surface area contributed by atoms with Gasteiger partial charge in [0.25, 0.3) is 11.7 Å². The number of ether oxygens (including phenoxy) is 3. The first-order valence-corrected chi connectivity index (χ1v) is 15.1. The van der Waals surface area contributed by atoms with Crippen LogP contribution in [-0.2, 0) is 22.6 Å². The lowest BCUT2D eigenvalue weighted by atomic mass is 9.94. The number of aliphatic hydroxyl groups excluding tert-OH is 1. The number of likely N-dealkylation sites (N-methyl/N-ethyl adjacent to an activating group) is 1. The molecule has 2 heterocycles. The van der Waals surface area contributed by atoms with Crippen molar-refractivity contribution in [2.75, 3.05) is 32.8 Å². The maximum absolute atomic E-state index is 13.6. The predicted octanol–water partition coefficient (Wildman–Crippen LogP) is 5.75. The molecule has 5 rings (SSSR count). The Balaban J connectivity index is 1.55. The smallest absolute Gasteiger partial charge is 0.295 e. The van der Waals surface area contributed by atoms with E-state index in [4.69, 9.17) is 14.2 Å². The van der Waals surface area contributed by atoms with Gasteiger partial charge in [0.15, 0.2) is 11.5 Å². The van der Waals surface area contributed by atoms with E-state index in [1.165, 1.54) is 0 Å². The van der Waals surface area contributed by atoms with Crippen LogP contribution >= 0.6 is 0 Å². The van der Waals surface area contributed by atoms with Crippen molar-refractivity contribution in [3.63, 3.8) is 0 Å². The van der Waals surface area contributed by atoms with Crippen molar-refractivity contribution in [3.8, 4) is 17.2 Å². The minimum Gasteiger partial charge on any atom is -0.507 e. The molecule has 3 aromatic rings. The van der Waals surface area contributed by atoms with Crippen LogP contribution in [-0.4, -0.2) is 65.5 Å². The highest BCUT2D eigenvalue weighted by molar-refractivity contribution is 6.46. The van der Waals surface area contributed by atoms with Crippen molar-refractivity contribution in [2.24, 2.45) is 0 Å². The van der Waals surface area contributed by atoms with E-state index in [2.05, 4.69) is 18.7 Å². The zero-order chi connectivity index (χ0) is 30.5. The van der Waals surface area contributed by atoms with Crippen molar-refractivity contribution in [3.05, 3.63) is 94.6 Å². The van der Waals surface area contributed by atoms with Crippen molar-refractivity contribution in [1.82, 2.24) is 9.80 Å². The van der Waals surface area contributed by atoms with Crippen molar-refractivity contribution >= 4 is 17.4 Å². The number of Topliss-reactive ketones (excluding diaryl/α,β-unsaturated/α-hetero) is 1. The average molecular weight is 585 g/mol. The summed E-state index contributed by atoms with van der Waals surface area (Å²) in [6, 6.07) is 19.9. The number of amides is 1. The summed E-state index contributed by atoms with van der Waals surface area (Å²) < 4.78 is 17.9. The summed E-state index contributed by atoms with van der Waals surface area (Å²) in [6.07, 6.45) is 0.748. The number of likely N-dealkylation sites (tertiary alicyclic amines) is 1. The Labute approximate surface area is 253 Å². The number of nitrogens with zero attached hydrogens (tertiary/aromatic N) is 2. The van der Waals surface area contributed by atoms with Gasteiger partial charge in [-0.3, -0.25) is 9.59 Å². The molecule has 2 aliphatic rings. The maximum atomic E-state index is 13.6. The van der Waals surface area contributed by atoms with Crippen LogP contribution in [0, 0.1) is 0 Å². The molecule has 0 aromatic heterocycles. The number of hydrogen-bond donors (Lipinski definition) is 1. The van der Waals surface area contributed by atoms with Gasteiger partial charge >= 0.3 is 0 Å². The summed E-state index contributed by atoms with van der Waals surface area (Å²) in [5.74, 6) is 0.316. The highest BCUT2D eigenvalue weighted by Gasteiger charge is 2.46. The largest absolute Gasteiger partial charge is 0.507 e. The fourth-order valence-electron chi connectivity index (χ4n) is 5.79. The van der Waals surface area contributed by atoms with Crippen LogP contribution in [0.3, 0.4) is 0 Å². The lowest BCUT2D eigenvalue weighted by Crippen LogP contribution is -2.38. The highest BCUT2D eigenvalue weighted by Crippen LogP contribution is 2.43. The van der Waals surface area contributed by atoms with E-state index in [9.17, 15) is 14.7 Å². The zero-order valence-corrected chi connectivity index (χ0v) is 25.3. The second-order valence-electron chi connectivity index (χ2n) is 10.9. The standard InChI is InChI=1S/C35H40N2O6/c1-5-36(6-2)17-18-37-32(25-13-16-29(30(21-25)41-7-3)42-22-24-11-9-8-10-12-24)31(34(39)35(37)40)33(38)26-14-15-28-27(20-26)19-23(4)43-28/h8-16,20-21,23,32,38H,5-7,17-19,22H2,1-4H3/b33-31+/t23-,32+/m1/s1. The number of fused-ring (bicyclic) bond motifs is 1. The van der Waals surface area contributed by atoms with E-state index >= 15 is 0 Å². The first-order chi connectivity index (χ1) is 20.8. The molecule has 8 nitrogen and oxygen atoms in total. The molecule has 0 unspecified atom stereocenters. The summed E-state index contributed by atoms with van der Waals surface area (Å²) in [5, 5.41) is 11.6. The molecular weight excluding hydrogens is 544 g/mol. The van der Waals surface area contributed by atoms with E-state index in [1.807, 2.05) is 74.5 Å². The summed E-state index contributed by atoms with van der Waals surface area (Å²) in [5.41, 5.74) is 3.19. The molecule has 1 saturated heterocycles. The lowest BCUT2D eigenvalue weighted by molar-refractivity contribution is -0.140. The predicted molar refractivity (Wildman–Crippen MR) is 165 cm³/mol. The first-order valence-electron chi connectivity index (χ1n) is 15.1. The van der Waals surface area contributed by atoms with Crippen molar-refractivity contribution in [1.29, 1.82) is 0 Å². The van der Waals surface area contributed by atoms with E-state index in [0.717, 1.165) is 30.0 Å². The Morgan fingerprint density at radius 1 is 0.977 bits per heavy atom. The Morgan fingerprint density at radius 2 is 1.74 bits per heavy atom. The monoisotopic (exact) mass is 584 g/mol. The molecule has 0 saturated carbocycles. The third kappa shape index (κ3) is 6.39. The van der Waals surface area contributed by atoms with Crippen LogP contribution in [0.4, 0.5) is 0 Å². The quantitative estimate of drug-likeness (QED) is 0.165. The number of rotatable bonds is 12. The molecule has 0 spiro atoms. The first kappa shape index (κ1) is 30.2. The minimum absolute atomic E-state index is 0.0395. The molecule has 43 heavy (non-hydrogen) atoms. The Kier molecular flexibility index (Phi) is 9.36. The summed E-state index contributed by atoms with van der Waals surface area (Å²) in [6.45, 7) is 11.4. The summed E-state index contributed by atoms with van der Waals surface area (Å²) in [7, 11) is 0. The van der Waals surface area contributed by atoms with Gasteiger partial charge in [0.05, 0.1) is 18.2 Å². The summed E-state index contributed by atoms with van der Waals surface area (Å²) >= 11 is 0. The van der Waals surface area contributed by atoms with E-state index in [-0.39, 0.29) is 17.4 Å². The molecular formula is C35H40N2O6. The van der Waals surface area contributed by atoms with Crippen LogP contribution < -0.4 is 14.2 Å².